The maximum atomic E-state index is 13.1. The molecular weight excluding hydrogens is 540 g/mol. The number of phenolic OH excluding ortho intramolecular Hbond substituents is 2. The van der Waals surface area contributed by atoms with Gasteiger partial charge in [0.2, 0.25) is 0 Å². The minimum atomic E-state index is -0.572. The molecule has 2 N–H and O–H groups in total. The number of carbonyl (C=O) groups excluding carboxylic acids is 2. The molecule has 0 spiro atoms. The van der Waals surface area contributed by atoms with Crippen LogP contribution < -0.4 is 9.47 Å². The molecule has 0 aliphatic rings. The minimum Gasteiger partial charge on any atom is -0.507 e. The highest BCUT2D eigenvalue weighted by atomic mass is 16.5. The molecule has 224 valence electrons. The molecule has 4 aromatic carbocycles. The lowest BCUT2D eigenvalue weighted by molar-refractivity contribution is -0.140. The van der Waals surface area contributed by atoms with Crippen LogP contribution in [0.4, 0.5) is 0 Å². The van der Waals surface area contributed by atoms with Gasteiger partial charge >= 0.3 is 11.9 Å². The zero-order valence-electron chi connectivity index (χ0n) is 25.8. The topological polar surface area (TPSA) is 93.1 Å². The average molecular weight is 581 g/mol. The lowest BCUT2D eigenvalue weighted by Gasteiger charge is -2.18. The number of hydrogen-bond donors (Lipinski definition) is 2. The summed E-state index contributed by atoms with van der Waals surface area (Å²) in [5, 5.41) is 24.3. The van der Waals surface area contributed by atoms with Gasteiger partial charge < -0.3 is 19.7 Å². The smallest absolute Gasteiger partial charge is 0.311 e. The molecule has 4 rings (SSSR count). The number of benzene rings is 4. The number of aromatic hydroxyl groups is 2. The summed E-state index contributed by atoms with van der Waals surface area (Å²) in [5.74, 6) is -0.0287. The van der Waals surface area contributed by atoms with Crippen molar-refractivity contribution in [1.29, 1.82) is 0 Å². The van der Waals surface area contributed by atoms with E-state index in [9.17, 15) is 19.8 Å². The second-order valence-corrected chi connectivity index (χ2v) is 11.2. The van der Waals surface area contributed by atoms with Crippen LogP contribution in [-0.2, 0) is 22.4 Å². The normalized spacial score (nSPS) is 11.5. The van der Waals surface area contributed by atoms with Crippen molar-refractivity contribution in [2.24, 2.45) is 0 Å². The van der Waals surface area contributed by atoms with E-state index in [1.54, 1.807) is 18.2 Å². The first kappa shape index (κ1) is 31.4. The van der Waals surface area contributed by atoms with E-state index in [0.29, 0.717) is 62.6 Å². The summed E-state index contributed by atoms with van der Waals surface area (Å²) in [6.45, 7) is 11.7. The molecule has 0 bridgehead atoms. The Morgan fingerprint density at radius 1 is 0.674 bits per heavy atom. The van der Waals surface area contributed by atoms with Gasteiger partial charge in [-0.15, -0.1) is 0 Å². The summed E-state index contributed by atoms with van der Waals surface area (Å²) in [7, 11) is 0. The third-order valence-corrected chi connectivity index (χ3v) is 7.91. The maximum Gasteiger partial charge on any atom is 0.311 e. The van der Waals surface area contributed by atoms with E-state index < -0.39 is 11.9 Å². The standard InChI is InChI=1S/C37H40O6/c1-7-23(4)17-19-27-24(5)34(40)28-12-8-11-15-31(28)37(27)43-33(39)21-20-32(38)42-36-25(6)26(18-16-22(2)3)35(41)29-13-9-10-14-30(29)36/h8-17,40-41H,7,18-21H2,1-6H3/b23-17+. The lowest BCUT2D eigenvalue weighted by Crippen LogP contribution is -2.16. The van der Waals surface area contributed by atoms with Crippen LogP contribution in [0.15, 0.2) is 71.8 Å². The molecule has 0 unspecified atom stereocenters. The van der Waals surface area contributed by atoms with Gasteiger partial charge in [-0.1, -0.05) is 78.8 Å². The van der Waals surface area contributed by atoms with E-state index in [1.165, 1.54) is 5.57 Å². The van der Waals surface area contributed by atoms with Crippen LogP contribution in [-0.4, -0.2) is 22.2 Å². The van der Waals surface area contributed by atoms with Crippen molar-refractivity contribution in [3.8, 4) is 23.0 Å². The predicted molar refractivity (Wildman–Crippen MR) is 172 cm³/mol. The Kier molecular flexibility index (Phi) is 9.92. The zero-order valence-corrected chi connectivity index (χ0v) is 25.8. The summed E-state index contributed by atoms with van der Waals surface area (Å²) < 4.78 is 11.8. The second kappa shape index (κ2) is 13.6. The number of esters is 2. The number of rotatable bonds is 10. The summed E-state index contributed by atoms with van der Waals surface area (Å²) in [6.07, 6.45) is 5.60. The third kappa shape index (κ3) is 6.91. The van der Waals surface area contributed by atoms with Crippen LogP contribution in [0.3, 0.4) is 0 Å². The van der Waals surface area contributed by atoms with Gasteiger partial charge in [0, 0.05) is 32.7 Å². The average Bonchev–Trinajstić information content (AvgIpc) is 3.00. The molecule has 0 radical (unpaired) electrons. The fourth-order valence-corrected chi connectivity index (χ4v) is 5.14. The predicted octanol–water partition coefficient (Wildman–Crippen LogP) is 8.72. The van der Waals surface area contributed by atoms with Crippen molar-refractivity contribution >= 4 is 33.5 Å². The molecule has 6 nitrogen and oxygen atoms in total. The summed E-state index contributed by atoms with van der Waals surface area (Å²) in [5.41, 5.74) is 5.05. The van der Waals surface area contributed by atoms with Gasteiger partial charge in [0.25, 0.3) is 0 Å². The van der Waals surface area contributed by atoms with E-state index in [-0.39, 0.29) is 24.3 Å². The molecule has 0 fully saturated rings. The number of allylic oxidation sites excluding steroid dienone is 4. The van der Waals surface area contributed by atoms with E-state index in [4.69, 9.17) is 9.47 Å². The number of hydrogen-bond acceptors (Lipinski definition) is 6. The van der Waals surface area contributed by atoms with Gasteiger partial charge in [0.15, 0.2) is 0 Å². The van der Waals surface area contributed by atoms with Crippen LogP contribution in [0.25, 0.3) is 21.5 Å². The molecule has 6 heteroatoms. The highest BCUT2D eigenvalue weighted by Crippen LogP contribution is 2.42. The Labute approximate surface area is 253 Å². The zero-order chi connectivity index (χ0) is 31.3. The Balaban J connectivity index is 1.58. The summed E-state index contributed by atoms with van der Waals surface area (Å²) in [4.78, 5) is 26.2. The van der Waals surface area contributed by atoms with E-state index in [1.807, 2.05) is 71.0 Å². The maximum absolute atomic E-state index is 13.1. The van der Waals surface area contributed by atoms with Crippen molar-refractivity contribution in [2.75, 3.05) is 0 Å². The molecular formula is C37H40O6. The van der Waals surface area contributed by atoms with Crippen molar-refractivity contribution in [1.82, 2.24) is 0 Å². The van der Waals surface area contributed by atoms with Gasteiger partial charge in [-0.25, -0.2) is 0 Å². The quantitative estimate of drug-likeness (QED) is 0.111. The first-order valence-electron chi connectivity index (χ1n) is 14.7. The SMILES string of the molecule is CC/C(C)=C/Cc1c(C)c(O)c2ccccc2c1OC(=O)CCC(=O)Oc1c(C)c(CC=C(C)C)c(O)c2ccccc12. The third-order valence-electron chi connectivity index (χ3n) is 7.91. The summed E-state index contributed by atoms with van der Waals surface area (Å²) >= 11 is 0. The summed E-state index contributed by atoms with van der Waals surface area (Å²) in [6, 6.07) is 14.5. The fourth-order valence-electron chi connectivity index (χ4n) is 5.14. The minimum absolute atomic E-state index is 0.164. The first-order valence-corrected chi connectivity index (χ1v) is 14.7. The van der Waals surface area contributed by atoms with Gasteiger partial charge in [0.05, 0.1) is 12.8 Å². The van der Waals surface area contributed by atoms with Crippen LogP contribution in [0.5, 0.6) is 23.0 Å². The van der Waals surface area contributed by atoms with Crippen LogP contribution in [0.2, 0.25) is 0 Å². The molecule has 0 saturated carbocycles. The Morgan fingerprint density at radius 3 is 1.72 bits per heavy atom. The molecule has 43 heavy (non-hydrogen) atoms. The first-order chi connectivity index (χ1) is 20.5. The van der Waals surface area contributed by atoms with Gasteiger partial charge in [-0.3, -0.25) is 9.59 Å². The molecule has 0 aliphatic carbocycles. The Bertz CT molecular complexity index is 1760. The molecule has 0 atom stereocenters. The van der Waals surface area contributed by atoms with E-state index in [2.05, 4.69) is 13.0 Å². The van der Waals surface area contributed by atoms with Crippen LogP contribution in [0, 0.1) is 13.8 Å². The highest BCUT2D eigenvalue weighted by Gasteiger charge is 2.22. The van der Waals surface area contributed by atoms with Crippen LogP contribution in [0.1, 0.15) is 69.2 Å². The van der Waals surface area contributed by atoms with Crippen molar-refractivity contribution < 1.29 is 29.3 Å². The Morgan fingerprint density at radius 2 is 1.16 bits per heavy atom. The Hall–Kier alpha value is -4.58. The largest absolute Gasteiger partial charge is 0.507 e. The van der Waals surface area contributed by atoms with Gasteiger partial charge in [0.1, 0.15) is 23.0 Å². The monoisotopic (exact) mass is 580 g/mol. The van der Waals surface area contributed by atoms with E-state index >= 15 is 0 Å². The molecule has 0 amide bonds. The molecule has 0 saturated heterocycles. The molecule has 0 aromatic heterocycles. The molecule has 4 aromatic rings. The fraction of sp³-hybridized carbons (Fsp3) is 0.297. The molecule has 0 aliphatic heterocycles. The lowest BCUT2D eigenvalue weighted by atomic mass is 9.95. The second-order valence-electron chi connectivity index (χ2n) is 11.2. The highest BCUT2D eigenvalue weighted by molar-refractivity contribution is 5.98. The number of ether oxygens (including phenoxy) is 2. The van der Waals surface area contributed by atoms with Crippen LogP contribution >= 0.6 is 0 Å². The number of fused-ring (bicyclic) bond motifs is 2. The number of carbonyl (C=O) groups is 2. The van der Waals surface area contributed by atoms with Crippen molar-refractivity contribution in [3.63, 3.8) is 0 Å². The van der Waals surface area contributed by atoms with Gasteiger partial charge in [-0.05, 0) is 65.0 Å². The van der Waals surface area contributed by atoms with Crippen molar-refractivity contribution in [3.05, 3.63) is 94.1 Å². The van der Waals surface area contributed by atoms with Crippen molar-refractivity contribution in [2.45, 2.75) is 73.6 Å². The van der Waals surface area contributed by atoms with E-state index in [0.717, 1.165) is 17.6 Å². The molecule has 0 heterocycles. The number of phenols is 2. The van der Waals surface area contributed by atoms with Gasteiger partial charge in [-0.2, -0.15) is 0 Å².